The van der Waals surface area contributed by atoms with Crippen LogP contribution >= 0.6 is 7.82 Å². The van der Waals surface area contributed by atoms with Crippen LogP contribution in [-0.2, 0) is 32.7 Å². The van der Waals surface area contributed by atoms with Crippen molar-refractivity contribution in [1.82, 2.24) is 0 Å². The molecule has 0 aromatic rings. The van der Waals surface area contributed by atoms with E-state index < -0.39 is 32.5 Å². The van der Waals surface area contributed by atoms with E-state index in [-0.39, 0.29) is 32.6 Å². The zero-order chi connectivity index (χ0) is 45.3. The van der Waals surface area contributed by atoms with Gasteiger partial charge in [-0.3, -0.25) is 18.6 Å². The molecule has 0 heterocycles. The first-order chi connectivity index (χ1) is 30.3. The lowest BCUT2D eigenvalue weighted by molar-refractivity contribution is -0.161. The van der Waals surface area contributed by atoms with Gasteiger partial charge in [-0.05, 0) is 96.3 Å². The summed E-state index contributed by atoms with van der Waals surface area (Å²) < 4.78 is 32.8. The number of esters is 2. The van der Waals surface area contributed by atoms with Crippen LogP contribution in [0.4, 0.5) is 0 Å². The number of phosphoric ester groups is 1. The molecular formula is C52H86NO8P. The van der Waals surface area contributed by atoms with Crippen molar-refractivity contribution in [3.8, 4) is 0 Å². The number of phosphoric acid groups is 1. The van der Waals surface area contributed by atoms with Crippen LogP contribution in [0, 0.1) is 0 Å². The maximum absolute atomic E-state index is 12.6. The molecule has 0 aliphatic heterocycles. The van der Waals surface area contributed by atoms with Crippen molar-refractivity contribution in [1.29, 1.82) is 0 Å². The maximum Gasteiger partial charge on any atom is 0.472 e. The highest BCUT2D eigenvalue weighted by Gasteiger charge is 2.26. The molecule has 3 N–H and O–H groups in total. The Hall–Kier alpha value is -3.33. The number of ether oxygens (including phenoxy) is 2. The third-order valence-corrected chi connectivity index (χ3v) is 10.4. The third-order valence-electron chi connectivity index (χ3n) is 9.39. The van der Waals surface area contributed by atoms with Gasteiger partial charge in [-0.25, -0.2) is 4.57 Å². The minimum Gasteiger partial charge on any atom is -0.462 e. The Balaban J connectivity index is 4.17. The summed E-state index contributed by atoms with van der Waals surface area (Å²) in [4.78, 5) is 34.9. The molecule has 0 aromatic heterocycles. The number of carbonyl (C=O) groups is 2. The third kappa shape index (κ3) is 46.2. The largest absolute Gasteiger partial charge is 0.472 e. The monoisotopic (exact) mass is 884 g/mol. The van der Waals surface area contributed by atoms with Gasteiger partial charge in [-0.15, -0.1) is 0 Å². The summed E-state index contributed by atoms with van der Waals surface area (Å²) >= 11 is 0. The van der Waals surface area contributed by atoms with Gasteiger partial charge in [0.05, 0.1) is 13.2 Å². The molecule has 0 spiro atoms. The number of nitrogens with two attached hydrogens (primary N) is 1. The molecule has 10 heteroatoms. The van der Waals surface area contributed by atoms with Crippen molar-refractivity contribution < 1.29 is 37.6 Å². The lowest BCUT2D eigenvalue weighted by atomic mass is 10.1. The van der Waals surface area contributed by atoms with Crippen molar-refractivity contribution in [3.63, 3.8) is 0 Å². The Kier molecular flexibility index (Phi) is 44.6. The molecule has 0 fully saturated rings. The molecule has 0 aliphatic carbocycles. The van der Waals surface area contributed by atoms with Crippen molar-refractivity contribution in [2.45, 2.75) is 180 Å². The van der Waals surface area contributed by atoms with Gasteiger partial charge in [-0.1, -0.05) is 175 Å². The first kappa shape index (κ1) is 58.7. The summed E-state index contributed by atoms with van der Waals surface area (Å²) in [5, 5.41) is 0. The van der Waals surface area contributed by atoms with Crippen molar-refractivity contribution in [2.24, 2.45) is 5.73 Å². The molecule has 2 atom stereocenters. The van der Waals surface area contributed by atoms with Crippen LogP contribution < -0.4 is 5.73 Å². The van der Waals surface area contributed by atoms with Crippen LogP contribution in [0.25, 0.3) is 0 Å². The Morgan fingerprint density at radius 1 is 0.500 bits per heavy atom. The minimum atomic E-state index is -4.40. The lowest BCUT2D eigenvalue weighted by Gasteiger charge is -2.19. The van der Waals surface area contributed by atoms with Crippen LogP contribution in [-0.4, -0.2) is 49.3 Å². The molecular weight excluding hydrogens is 798 g/mol. The van der Waals surface area contributed by atoms with E-state index in [1.165, 1.54) is 12.8 Å². The number of rotatable bonds is 43. The molecule has 0 amide bonds. The van der Waals surface area contributed by atoms with Gasteiger partial charge in [0.1, 0.15) is 6.61 Å². The average Bonchev–Trinajstić information content (AvgIpc) is 3.26. The summed E-state index contributed by atoms with van der Waals surface area (Å²) in [6, 6.07) is 0. The molecule has 0 aromatic carbocycles. The average molecular weight is 884 g/mol. The fourth-order valence-electron chi connectivity index (χ4n) is 5.86. The number of hydrogen-bond donors (Lipinski definition) is 2. The van der Waals surface area contributed by atoms with E-state index in [2.05, 4.69) is 123 Å². The highest BCUT2D eigenvalue weighted by molar-refractivity contribution is 7.47. The van der Waals surface area contributed by atoms with Gasteiger partial charge >= 0.3 is 19.8 Å². The van der Waals surface area contributed by atoms with Gasteiger partial charge < -0.3 is 20.1 Å². The number of unbranched alkanes of at least 4 members (excludes halogenated alkanes) is 12. The van der Waals surface area contributed by atoms with E-state index in [4.69, 9.17) is 24.3 Å². The molecule has 0 bridgehead atoms. The van der Waals surface area contributed by atoms with Gasteiger partial charge in [-0.2, -0.15) is 0 Å². The van der Waals surface area contributed by atoms with E-state index in [1.807, 2.05) is 0 Å². The summed E-state index contributed by atoms with van der Waals surface area (Å²) in [5.74, 6) is -0.878. The topological polar surface area (TPSA) is 134 Å². The van der Waals surface area contributed by atoms with Gasteiger partial charge in [0.2, 0.25) is 0 Å². The highest BCUT2D eigenvalue weighted by atomic mass is 31.2. The van der Waals surface area contributed by atoms with Gasteiger partial charge in [0.25, 0.3) is 0 Å². The van der Waals surface area contributed by atoms with Crippen LogP contribution in [0.1, 0.15) is 174 Å². The smallest absolute Gasteiger partial charge is 0.462 e. The highest BCUT2D eigenvalue weighted by Crippen LogP contribution is 2.43. The number of hydrogen-bond acceptors (Lipinski definition) is 8. The quantitative estimate of drug-likeness (QED) is 0.0266. The Morgan fingerprint density at radius 3 is 1.32 bits per heavy atom. The molecule has 9 nitrogen and oxygen atoms in total. The summed E-state index contributed by atoms with van der Waals surface area (Å²) in [6.07, 6.45) is 62.6. The SMILES string of the molecule is CC/C=C\C/C=C\C/C=C\C/C=C\C/C=C\C/C=C\C/C=C\CCCCCCCC(=O)OC(COC(=O)CCCCCCC/C=C\C/C=C\CCCC)COP(=O)(O)OCCN. The predicted molar refractivity (Wildman–Crippen MR) is 261 cm³/mol. The molecule has 2 unspecified atom stereocenters. The minimum absolute atomic E-state index is 0.0415. The Morgan fingerprint density at radius 2 is 0.887 bits per heavy atom. The zero-order valence-corrected chi connectivity index (χ0v) is 39.7. The normalized spacial score (nSPS) is 14.2. The lowest BCUT2D eigenvalue weighted by Crippen LogP contribution is -2.29. The Labute approximate surface area is 378 Å². The van der Waals surface area contributed by atoms with Gasteiger partial charge in [0.15, 0.2) is 6.10 Å². The number of allylic oxidation sites excluding steroid dienone is 18. The second-order valence-electron chi connectivity index (χ2n) is 15.2. The van der Waals surface area contributed by atoms with Crippen molar-refractivity contribution in [3.05, 3.63) is 109 Å². The van der Waals surface area contributed by atoms with E-state index >= 15 is 0 Å². The fraction of sp³-hybridized carbons (Fsp3) is 0.615. The molecule has 352 valence electrons. The van der Waals surface area contributed by atoms with Crippen LogP contribution in [0.2, 0.25) is 0 Å². The molecule has 0 saturated carbocycles. The van der Waals surface area contributed by atoms with E-state index in [0.29, 0.717) is 12.8 Å². The first-order valence-electron chi connectivity index (χ1n) is 23.9. The molecule has 0 saturated heterocycles. The Bertz CT molecular complexity index is 1380. The standard InChI is InChI=1S/C52H86NO8P/c1-3-5-7-9-11-13-15-17-19-20-21-22-23-24-25-26-27-28-29-30-31-33-35-37-39-41-43-45-52(55)61-50(49-60-62(56,57)59-47-46-53)48-58-51(54)44-42-40-38-36-34-32-18-16-14-12-10-8-6-4-2/h5,7,10-13,16-19,21-22,24-25,27-28,30-31,50H,3-4,6,8-9,14-15,20,23,26,29,32-49,53H2,1-2H3,(H,56,57)/b7-5-,12-10-,13-11-,18-16-,19-17-,22-21-,25-24-,28-27-,31-30-. The maximum atomic E-state index is 12.6. The summed E-state index contributed by atoms with van der Waals surface area (Å²) in [5.41, 5.74) is 5.35. The van der Waals surface area contributed by atoms with Crippen molar-refractivity contribution in [2.75, 3.05) is 26.4 Å². The molecule has 0 aliphatic rings. The zero-order valence-electron chi connectivity index (χ0n) is 38.8. The summed E-state index contributed by atoms with van der Waals surface area (Å²) in [6.45, 7) is 3.51. The second-order valence-corrected chi connectivity index (χ2v) is 16.7. The van der Waals surface area contributed by atoms with E-state index in [1.54, 1.807) is 0 Å². The van der Waals surface area contributed by atoms with E-state index in [9.17, 15) is 19.0 Å². The molecule has 0 radical (unpaired) electrons. The van der Waals surface area contributed by atoms with Crippen molar-refractivity contribution >= 4 is 19.8 Å². The van der Waals surface area contributed by atoms with Crippen LogP contribution in [0.15, 0.2) is 109 Å². The molecule has 62 heavy (non-hydrogen) atoms. The molecule has 0 rings (SSSR count). The summed E-state index contributed by atoms with van der Waals surface area (Å²) in [7, 11) is -4.40. The predicted octanol–water partition coefficient (Wildman–Crippen LogP) is 14.3. The first-order valence-corrected chi connectivity index (χ1v) is 25.4. The van der Waals surface area contributed by atoms with Gasteiger partial charge in [0, 0.05) is 19.4 Å². The van der Waals surface area contributed by atoms with Crippen LogP contribution in [0.3, 0.4) is 0 Å². The second kappa shape index (κ2) is 47.2. The number of carbonyl (C=O) groups excluding carboxylic acids is 2. The van der Waals surface area contributed by atoms with E-state index in [0.717, 1.165) is 122 Å². The van der Waals surface area contributed by atoms with Crippen LogP contribution in [0.5, 0.6) is 0 Å². The fourth-order valence-corrected chi connectivity index (χ4v) is 6.63.